The Morgan fingerprint density at radius 1 is 1.50 bits per heavy atom. The van der Waals surface area contributed by atoms with Gasteiger partial charge in [0.1, 0.15) is 6.33 Å². The summed E-state index contributed by atoms with van der Waals surface area (Å²) in [7, 11) is 0. The highest BCUT2D eigenvalue weighted by Gasteiger charge is 2.12. The molecule has 5 heteroatoms. The normalized spacial score (nSPS) is 9.62. The number of nitrogens with zero attached hydrogens (tertiary/aromatic N) is 3. The predicted molar refractivity (Wildman–Crippen MR) is 64.3 cm³/mol. The van der Waals surface area contributed by atoms with Crippen molar-refractivity contribution in [2.24, 2.45) is 5.73 Å². The summed E-state index contributed by atoms with van der Waals surface area (Å²) < 4.78 is 1.74. The zero-order valence-corrected chi connectivity index (χ0v) is 9.40. The highest BCUT2D eigenvalue weighted by Crippen LogP contribution is 2.10. The molecule has 2 heterocycles. The van der Waals surface area contributed by atoms with Crippen LogP contribution in [-0.4, -0.2) is 20.3 Å². The average Bonchev–Trinajstić information content (AvgIpc) is 2.64. The maximum Gasteiger partial charge on any atom is 0.271 e. The quantitative estimate of drug-likeness (QED) is 0.740. The Bertz CT molecular complexity index is 535. The van der Waals surface area contributed by atoms with Gasteiger partial charge in [0.15, 0.2) is 11.3 Å². The highest BCUT2D eigenvalue weighted by atomic mass is 16.1. The van der Waals surface area contributed by atoms with Crippen LogP contribution in [-0.2, 0) is 0 Å². The van der Waals surface area contributed by atoms with Crippen molar-refractivity contribution in [1.82, 2.24) is 14.4 Å². The molecule has 0 unspecified atom stereocenters. The Hall–Kier alpha value is -2.17. The summed E-state index contributed by atoms with van der Waals surface area (Å²) >= 11 is 0. The van der Waals surface area contributed by atoms with E-state index in [1.807, 2.05) is 19.9 Å². The fraction of sp³-hybridized carbons (Fsp3) is 0.182. The molecule has 0 saturated carbocycles. The summed E-state index contributed by atoms with van der Waals surface area (Å²) in [6, 6.07) is 1.92. The maximum absolute atomic E-state index is 11.0. The maximum atomic E-state index is 11.0. The number of carbonyl (C=O) groups excluding carboxylic acids is 1. The first kappa shape index (κ1) is 11.9. The van der Waals surface area contributed by atoms with Crippen LogP contribution in [0.2, 0.25) is 0 Å². The van der Waals surface area contributed by atoms with Gasteiger partial charge in [0.05, 0.1) is 0 Å². The molecule has 0 saturated heterocycles. The number of imidazole rings is 1. The fourth-order valence-electron chi connectivity index (χ4n) is 1.45. The van der Waals surface area contributed by atoms with Crippen molar-refractivity contribution < 1.29 is 6.22 Å². The zero-order valence-electron chi connectivity index (χ0n) is 9.40. The van der Waals surface area contributed by atoms with Crippen LogP contribution < -0.4 is 5.73 Å². The van der Waals surface area contributed by atoms with Crippen LogP contribution >= 0.6 is 0 Å². The minimum absolute atomic E-state index is 0. The van der Waals surface area contributed by atoms with E-state index in [1.165, 1.54) is 0 Å². The van der Waals surface area contributed by atoms with Gasteiger partial charge in [-0.15, -0.1) is 13.2 Å². The molecule has 0 atom stereocenters. The molecule has 2 aromatic rings. The van der Waals surface area contributed by atoms with Gasteiger partial charge in [-0.05, 0) is 19.9 Å². The van der Waals surface area contributed by atoms with Crippen molar-refractivity contribution in [1.29, 1.82) is 0 Å². The van der Waals surface area contributed by atoms with Gasteiger partial charge in [-0.3, -0.25) is 9.20 Å². The molecule has 0 bridgehead atoms. The monoisotopic (exact) mass is 220 g/mol. The molecule has 0 spiro atoms. The Morgan fingerprint density at radius 3 is 2.69 bits per heavy atom. The molecule has 1 amide bonds. The second-order valence-corrected chi connectivity index (χ2v) is 3.19. The Balaban J connectivity index is 0.000000811. The summed E-state index contributed by atoms with van der Waals surface area (Å²) in [5.74, 6) is -0.551. The first-order valence-electron chi connectivity index (χ1n) is 4.70. The van der Waals surface area contributed by atoms with Crippen molar-refractivity contribution in [2.45, 2.75) is 13.8 Å². The van der Waals surface area contributed by atoms with E-state index in [9.17, 15) is 4.79 Å². The highest BCUT2D eigenvalue weighted by molar-refractivity contribution is 5.96. The molecule has 0 aromatic carbocycles. The number of primary amides is 1. The summed E-state index contributed by atoms with van der Waals surface area (Å²) in [6.45, 7) is 9.79. The Kier molecular flexibility index (Phi) is 3.40. The molecule has 0 aliphatic carbocycles. The third-order valence-corrected chi connectivity index (χ3v) is 2.06. The molecule has 2 rings (SSSR count). The molecular weight excluding hydrogens is 204 g/mol. The lowest BCUT2D eigenvalue weighted by Gasteiger charge is -2.00. The van der Waals surface area contributed by atoms with Crippen molar-refractivity contribution in [3.8, 4) is 0 Å². The molecule has 16 heavy (non-hydrogen) atoms. The summed E-state index contributed by atoms with van der Waals surface area (Å²) in [4.78, 5) is 19.1. The first-order valence-corrected chi connectivity index (χ1v) is 4.70. The van der Waals surface area contributed by atoms with Crippen LogP contribution in [0.3, 0.4) is 0 Å². The number of aromatic nitrogens is 3. The number of carbonyl (C=O) groups is 1. The van der Waals surface area contributed by atoms with E-state index < -0.39 is 5.91 Å². The number of amides is 1. The van der Waals surface area contributed by atoms with Crippen LogP contribution in [0, 0.1) is 13.8 Å². The molecule has 0 aliphatic heterocycles. The van der Waals surface area contributed by atoms with E-state index in [-0.39, 0.29) is 7.12 Å². The predicted octanol–water partition coefficient (Wildman–Crippen LogP) is 1.49. The largest absolute Gasteiger partial charge is 0.364 e. The lowest BCUT2D eigenvalue weighted by Crippen LogP contribution is -2.12. The van der Waals surface area contributed by atoms with E-state index in [0.717, 1.165) is 11.4 Å². The fourth-order valence-corrected chi connectivity index (χ4v) is 1.45. The van der Waals surface area contributed by atoms with E-state index in [1.54, 1.807) is 10.7 Å². The molecule has 0 fully saturated rings. The summed E-state index contributed by atoms with van der Waals surface area (Å²) in [5.41, 5.74) is 7.74. The minimum Gasteiger partial charge on any atom is -0.364 e. The van der Waals surface area contributed by atoms with E-state index in [2.05, 4.69) is 23.1 Å². The smallest absolute Gasteiger partial charge is 0.271 e. The van der Waals surface area contributed by atoms with Crippen LogP contribution in [0.1, 0.15) is 23.3 Å². The van der Waals surface area contributed by atoms with Gasteiger partial charge in [-0.1, -0.05) is 0 Å². The summed E-state index contributed by atoms with van der Waals surface area (Å²) in [5, 5.41) is 0. The van der Waals surface area contributed by atoms with E-state index >= 15 is 0 Å². The van der Waals surface area contributed by atoms with E-state index in [0.29, 0.717) is 5.65 Å². The third-order valence-electron chi connectivity index (χ3n) is 2.06. The molecule has 86 valence electrons. The molecule has 2 aromatic heterocycles. The second-order valence-electron chi connectivity index (χ2n) is 3.19. The van der Waals surface area contributed by atoms with Gasteiger partial charge in [0.2, 0.25) is 0 Å². The van der Waals surface area contributed by atoms with Crippen LogP contribution in [0.15, 0.2) is 25.6 Å². The number of rotatable bonds is 1. The molecular formula is C11H16N4O. The van der Waals surface area contributed by atoms with Gasteiger partial charge in [-0.25, -0.2) is 9.97 Å². The number of fused-ring (bicyclic) bond motifs is 1. The molecule has 0 radical (unpaired) electrons. The minimum atomic E-state index is -0.551. The lowest BCUT2D eigenvalue weighted by atomic mass is 10.3. The third kappa shape index (κ3) is 1.93. The number of nitrogens with two attached hydrogens (primary N) is 1. The van der Waals surface area contributed by atoms with Crippen LogP contribution in [0.25, 0.3) is 5.65 Å². The summed E-state index contributed by atoms with van der Waals surface area (Å²) in [6.07, 6.45) is 1.55. The Morgan fingerprint density at radius 2 is 2.12 bits per heavy atom. The van der Waals surface area contributed by atoms with Gasteiger partial charge in [-0.2, -0.15) is 0 Å². The average molecular weight is 220 g/mol. The second kappa shape index (κ2) is 4.57. The van der Waals surface area contributed by atoms with Crippen molar-refractivity contribution in [3.05, 3.63) is 42.6 Å². The van der Waals surface area contributed by atoms with Crippen molar-refractivity contribution in [3.63, 3.8) is 0 Å². The molecule has 0 aliphatic rings. The first-order chi connectivity index (χ1) is 7.59. The SMILES string of the molecule is C=C.Cc1cc(C)n2cnc(C(N)=O)c2n1.[HH]. The number of hydrogen-bond acceptors (Lipinski definition) is 3. The van der Waals surface area contributed by atoms with Crippen molar-refractivity contribution in [2.75, 3.05) is 0 Å². The lowest BCUT2D eigenvalue weighted by molar-refractivity contribution is 0.0997. The van der Waals surface area contributed by atoms with Gasteiger partial charge < -0.3 is 5.73 Å². The Labute approximate surface area is 95.1 Å². The van der Waals surface area contributed by atoms with Crippen molar-refractivity contribution >= 4 is 11.6 Å². The topological polar surface area (TPSA) is 73.3 Å². The zero-order chi connectivity index (χ0) is 12.3. The van der Waals surface area contributed by atoms with Gasteiger partial charge >= 0.3 is 0 Å². The molecule has 5 nitrogen and oxygen atoms in total. The van der Waals surface area contributed by atoms with Gasteiger partial charge in [0, 0.05) is 12.8 Å². The van der Waals surface area contributed by atoms with Crippen LogP contribution in [0.4, 0.5) is 0 Å². The van der Waals surface area contributed by atoms with Crippen LogP contribution in [0.5, 0.6) is 0 Å². The molecule has 2 N–H and O–H groups in total. The van der Waals surface area contributed by atoms with Gasteiger partial charge in [0.25, 0.3) is 5.91 Å². The van der Waals surface area contributed by atoms with E-state index in [4.69, 9.17) is 5.73 Å². The number of hydrogen-bond donors (Lipinski definition) is 1. The standard InChI is InChI=1S/C9H10N4O.C2H4.H2/c1-5-3-6(2)13-4-11-7(8(10)14)9(13)12-5;1-2;/h3-4H,1-2H3,(H2,10,14);1-2H2;1H. The number of aryl methyl sites for hydroxylation is 2.